The van der Waals surface area contributed by atoms with E-state index in [0.717, 1.165) is 32.5 Å². The third-order valence-electron chi connectivity index (χ3n) is 4.49. The molecule has 1 heterocycles. The smallest absolute Gasteiger partial charge is 0.323 e. The number of carbonyl (C=O) groups is 1. The molecule has 4 heteroatoms. The molecule has 1 N–H and O–H groups in total. The average Bonchev–Trinajstić information content (AvgIpc) is 3.18. The Morgan fingerprint density at radius 2 is 2.06 bits per heavy atom. The molecule has 2 rings (SSSR count). The Morgan fingerprint density at radius 1 is 1.44 bits per heavy atom. The summed E-state index contributed by atoms with van der Waals surface area (Å²) in [6, 6.07) is -0.0773. The SMILES string of the molecule is COC(=O)C(NCC1(C)CCN(C)CC1)C1CC1. The predicted molar refractivity (Wildman–Crippen MR) is 71.4 cm³/mol. The minimum Gasteiger partial charge on any atom is -0.468 e. The standard InChI is InChI=1S/C14H26N2O2/c1-14(6-8-16(2)9-7-14)10-15-12(11-4-5-11)13(17)18-3/h11-12,15H,4-10H2,1-3H3. The van der Waals surface area contributed by atoms with Gasteiger partial charge in [0.05, 0.1) is 7.11 Å². The summed E-state index contributed by atoms with van der Waals surface area (Å²) in [4.78, 5) is 14.1. The summed E-state index contributed by atoms with van der Waals surface area (Å²) < 4.78 is 4.89. The molecule has 1 saturated heterocycles. The fourth-order valence-electron chi connectivity index (χ4n) is 2.69. The van der Waals surface area contributed by atoms with Crippen LogP contribution in [0, 0.1) is 11.3 Å². The van der Waals surface area contributed by atoms with E-state index in [1.54, 1.807) is 0 Å². The monoisotopic (exact) mass is 254 g/mol. The molecule has 0 aromatic heterocycles. The second kappa shape index (κ2) is 5.57. The summed E-state index contributed by atoms with van der Waals surface area (Å²) in [5, 5.41) is 3.46. The third-order valence-corrected chi connectivity index (χ3v) is 4.49. The first-order valence-corrected chi connectivity index (χ1v) is 7.04. The van der Waals surface area contributed by atoms with Crippen molar-refractivity contribution in [1.82, 2.24) is 10.2 Å². The zero-order valence-corrected chi connectivity index (χ0v) is 11.9. The first-order valence-electron chi connectivity index (χ1n) is 7.04. The average molecular weight is 254 g/mol. The van der Waals surface area contributed by atoms with Gasteiger partial charge >= 0.3 is 5.97 Å². The van der Waals surface area contributed by atoms with Crippen LogP contribution < -0.4 is 5.32 Å². The minimum absolute atomic E-state index is 0.0773. The van der Waals surface area contributed by atoms with Crippen molar-refractivity contribution >= 4 is 5.97 Å². The van der Waals surface area contributed by atoms with E-state index >= 15 is 0 Å². The topological polar surface area (TPSA) is 41.6 Å². The fraction of sp³-hybridized carbons (Fsp3) is 0.929. The van der Waals surface area contributed by atoms with Crippen LogP contribution in [0.25, 0.3) is 0 Å². The lowest BCUT2D eigenvalue weighted by Crippen LogP contribution is -2.47. The van der Waals surface area contributed by atoms with Crippen LogP contribution in [0.1, 0.15) is 32.6 Å². The number of hydrogen-bond donors (Lipinski definition) is 1. The number of nitrogens with zero attached hydrogens (tertiary/aromatic N) is 1. The summed E-state index contributed by atoms with van der Waals surface area (Å²) in [7, 11) is 3.66. The molecule has 1 aliphatic heterocycles. The molecule has 0 aromatic carbocycles. The molecule has 4 nitrogen and oxygen atoms in total. The highest BCUT2D eigenvalue weighted by Crippen LogP contribution is 2.35. The van der Waals surface area contributed by atoms with Crippen molar-refractivity contribution in [2.45, 2.75) is 38.6 Å². The van der Waals surface area contributed by atoms with E-state index in [1.165, 1.54) is 20.0 Å². The van der Waals surface area contributed by atoms with Crippen LogP contribution in [0.2, 0.25) is 0 Å². The van der Waals surface area contributed by atoms with E-state index in [4.69, 9.17) is 4.74 Å². The molecule has 0 bridgehead atoms. The Balaban J connectivity index is 1.83. The highest BCUT2D eigenvalue weighted by Gasteiger charge is 2.38. The number of carbonyl (C=O) groups excluding carboxylic acids is 1. The predicted octanol–water partition coefficient (Wildman–Crippen LogP) is 1.26. The first kappa shape index (κ1) is 13.8. The van der Waals surface area contributed by atoms with E-state index in [-0.39, 0.29) is 12.0 Å². The second-order valence-corrected chi connectivity index (χ2v) is 6.33. The maximum absolute atomic E-state index is 11.7. The van der Waals surface area contributed by atoms with Crippen molar-refractivity contribution in [2.75, 3.05) is 33.8 Å². The molecule has 1 aliphatic carbocycles. The molecule has 0 amide bonds. The van der Waals surface area contributed by atoms with Gasteiger partial charge in [0.25, 0.3) is 0 Å². The molecule has 1 unspecified atom stereocenters. The van der Waals surface area contributed by atoms with Crippen molar-refractivity contribution < 1.29 is 9.53 Å². The van der Waals surface area contributed by atoms with Gasteiger partial charge in [0, 0.05) is 6.54 Å². The van der Waals surface area contributed by atoms with Gasteiger partial charge in [-0.3, -0.25) is 4.79 Å². The molecule has 0 spiro atoms. The number of esters is 1. The lowest BCUT2D eigenvalue weighted by Gasteiger charge is -2.38. The molecule has 104 valence electrons. The molecule has 0 radical (unpaired) electrons. The zero-order valence-electron chi connectivity index (χ0n) is 11.9. The normalized spacial score (nSPS) is 25.7. The van der Waals surface area contributed by atoms with Gasteiger partial charge in [-0.15, -0.1) is 0 Å². The van der Waals surface area contributed by atoms with Crippen molar-refractivity contribution in [3.05, 3.63) is 0 Å². The van der Waals surface area contributed by atoms with E-state index < -0.39 is 0 Å². The van der Waals surface area contributed by atoms with Crippen LogP contribution >= 0.6 is 0 Å². The number of ether oxygens (including phenoxy) is 1. The van der Waals surface area contributed by atoms with Gasteiger partial charge in [0.15, 0.2) is 0 Å². The van der Waals surface area contributed by atoms with Gasteiger partial charge in [0.1, 0.15) is 6.04 Å². The number of rotatable bonds is 5. The maximum Gasteiger partial charge on any atom is 0.323 e. The van der Waals surface area contributed by atoms with Crippen LogP contribution in [0.3, 0.4) is 0 Å². The largest absolute Gasteiger partial charge is 0.468 e. The molecule has 1 atom stereocenters. The van der Waals surface area contributed by atoms with Crippen LogP contribution in [-0.4, -0.2) is 50.7 Å². The Kier molecular flexibility index (Phi) is 4.28. The molecular formula is C14H26N2O2. The summed E-state index contributed by atoms with van der Waals surface area (Å²) in [6.07, 6.45) is 4.72. The highest BCUT2D eigenvalue weighted by atomic mass is 16.5. The zero-order chi connectivity index (χ0) is 13.2. The van der Waals surface area contributed by atoms with Gasteiger partial charge in [-0.25, -0.2) is 0 Å². The van der Waals surface area contributed by atoms with E-state index in [1.807, 2.05) is 0 Å². The van der Waals surface area contributed by atoms with Crippen molar-refractivity contribution in [2.24, 2.45) is 11.3 Å². The van der Waals surface area contributed by atoms with Gasteiger partial charge < -0.3 is 15.0 Å². The fourth-order valence-corrected chi connectivity index (χ4v) is 2.69. The number of likely N-dealkylation sites (tertiary alicyclic amines) is 1. The lowest BCUT2D eigenvalue weighted by atomic mass is 9.80. The van der Waals surface area contributed by atoms with Crippen molar-refractivity contribution in [3.63, 3.8) is 0 Å². The van der Waals surface area contributed by atoms with Crippen LogP contribution in [0.5, 0.6) is 0 Å². The van der Waals surface area contributed by atoms with E-state index in [0.29, 0.717) is 11.3 Å². The number of methoxy groups -OCH3 is 1. The van der Waals surface area contributed by atoms with Crippen LogP contribution in [-0.2, 0) is 9.53 Å². The van der Waals surface area contributed by atoms with E-state index in [9.17, 15) is 4.79 Å². The molecule has 1 saturated carbocycles. The van der Waals surface area contributed by atoms with Crippen molar-refractivity contribution in [3.8, 4) is 0 Å². The summed E-state index contributed by atoms with van der Waals surface area (Å²) in [5.41, 5.74) is 0.327. The molecule has 2 aliphatic rings. The molecule has 2 fully saturated rings. The second-order valence-electron chi connectivity index (χ2n) is 6.33. The van der Waals surface area contributed by atoms with Crippen LogP contribution in [0.4, 0.5) is 0 Å². The van der Waals surface area contributed by atoms with Gasteiger partial charge in [-0.2, -0.15) is 0 Å². The molecular weight excluding hydrogens is 228 g/mol. The van der Waals surface area contributed by atoms with Gasteiger partial charge in [0.2, 0.25) is 0 Å². The summed E-state index contributed by atoms with van der Waals surface area (Å²) in [5.74, 6) is 0.418. The van der Waals surface area contributed by atoms with Gasteiger partial charge in [-0.05, 0) is 57.2 Å². The Labute approximate surface area is 110 Å². The van der Waals surface area contributed by atoms with Gasteiger partial charge in [-0.1, -0.05) is 6.92 Å². The third kappa shape index (κ3) is 3.45. The summed E-state index contributed by atoms with van der Waals surface area (Å²) in [6.45, 7) is 5.57. The summed E-state index contributed by atoms with van der Waals surface area (Å²) >= 11 is 0. The minimum atomic E-state index is -0.0889. The number of hydrogen-bond acceptors (Lipinski definition) is 4. The lowest BCUT2D eigenvalue weighted by molar-refractivity contribution is -0.143. The Bertz CT molecular complexity index is 294. The Morgan fingerprint density at radius 3 is 2.56 bits per heavy atom. The van der Waals surface area contributed by atoms with Crippen molar-refractivity contribution in [1.29, 1.82) is 0 Å². The highest BCUT2D eigenvalue weighted by molar-refractivity contribution is 5.76. The molecule has 18 heavy (non-hydrogen) atoms. The first-order chi connectivity index (χ1) is 8.54. The number of nitrogens with one attached hydrogen (secondary N) is 1. The van der Waals surface area contributed by atoms with Crippen LogP contribution in [0.15, 0.2) is 0 Å². The van der Waals surface area contributed by atoms with E-state index in [2.05, 4.69) is 24.2 Å². The Hall–Kier alpha value is -0.610. The quantitative estimate of drug-likeness (QED) is 0.750. The molecule has 0 aromatic rings. The maximum atomic E-state index is 11.7. The number of piperidine rings is 1.